The first-order valence-electron chi connectivity index (χ1n) is 5.34. The van der Waals surface area contributed by atoms with Gasteiger partial charge in [-0.2, -0.15) is 0 Å². The van der Waals surface area contributed by atoms with Crippen molar-refractivity contribution in [3.05, 3.63) is 35.0 Å². The number of hydrogen-bond donors (Lipinski definition) is 1. The van der Waals surface area contributed by atoms with Crippen molar-refractivity contribution in [2.75, 3.05) is 19.8 Å². The van der Waals surface area contributed by atoms with Gasteiger partial charge in [0.25, 0.3) is 0 Å². The zero-order valence-electron chi connectivity index (χ0n) is 8.70. The van der Waals surface area contributed by atoms with Crippen molar-refractivity contribution in [3.8, 4) is 0 Å². The SMILES string of the molecule is Fc1cccc2cc(C3COCCN3)sc12. The third-order valence-corrected chi connectivity index (χ3v) is 4.05. The molecule has 1 aliphatic rings. The van der Waals surface area contributed by atoms with Gasteiger partial charge in [-0.15, -0.1) is 11.3 Å². The van der Waals surface area contributed by atoms with Crippen LogP contribution in [0.15, 0.2) is 24.3 Å². The lowest BCUT2D eigenvalue weighted by Crippen LogP contribution is -2.33. The van der Waals surface area contributed by atoms with E-state index < -0.39 is 0 Å². The smallest absolute Gasteiger partial charge is 0.140 e. The Balaban J connectivity index is 2.01. The summed E-state index contributed by atoms with van der Waals surface area (Å²) in [6.07, 6.45) is 0. The van der Waals surface area contributed by atoms with Gasteiger partial charge in [0.1, 0.15) is 5.82 Å². The molecule has 0 radical (unpaired) electrons. The summed E-state index contributed by atoms with van der Waals surface area (Å²) in [4.78, 5) is 1.15. The molecule has 1 aromatic heterocycles. The molecule has 1 fully saturated rings. The van der Waals surface area contributed by atoms with Crippen LogP contribution in [-0.2, 0) is 4.74 Å². The van der Waals surface area contributed by atoms with Crippen molar-refractivity contribution in [3.63, 3.8) is 0 Å². The Morgan fingerprint density at radius 2 is 2.38 bits per heavy atom. The summed E-state index contributed by atoms with van der Waals surface area (Å²) in [6.45, 7) is 2.30. The molecule has 1 atom stereocenters. The van der Waals surface area contributed by atoms with Crippen LogP contribution in [0.25, 0.3) is 10.1 Å². The van der Waals surface area contributed by atoms with Crippen LogP contribution in [0.4, 0.5) is 4.39 Å². The van der Waals surface area contributed by atoms with E-state index in [-0.39, 0.29) is 11.9 Å². The third-order valence-electron chi connectivity index (χ3n) is 2.78. The summed E-state index contributed by atoms with van der Waals surface area (Å²) < 4.78 is 19.7. The quantitative estimate of drug-likeness (QED) is 0.823. The van der Waals surface area contributed by atoms with Crippen LogP contribution < -0.4 is 5.32 Å². The molecule has 0 bridgehead atoms. The predicted molar refractivity (Wildman–Crippen MR) is 63.3 cm³/mol. The molecular formula is C12H12FNOS. The van der Waals surface area contributed by atoms with Gasteiger partial charge in [0.15, 0.2) is 0 Å². The van der Waals surface area contributed by atoms with Gasteiger partial charge in [0.05, 0.1) is 24.0 Å². The highest BCUT2D eigenvalue weighted by molar-refractivity contribution is 7.19. The van der Waals surface area contributed by atoms with Crippen molar-refractivity contribution in [2.24, 2.45) is 0 Å². The van der Waals surface area contributed by atoms with E-state index in [1.165, 1.54) is 17.4 Å². The molecule has 1 unspecified atom stereocenters. The Labute approximate surface area is 97.0 Å². The lowest BCUT2D eigenvalue weighted by molar-refractivity contribution is 0.0779. The van der Waals surface area contributed by atoms with E-state index in [1.54, 1.807) is 6.07 Å². The van der Waals surface area contributed by atoms with Gasteiger partial charge in [-0.1, -0.05) is 12.1 Å². The minimum absolute atomic E-state index is 0.134. The summed E-state index contributed by atoms with van der Waals surface area (Å²) in [5.41, 5.74) is 0. The van der Waals surface area contributed by atoms with Gasteiger partial charge in [-0.05, 0) is 17.5 Å². The Kier molecular flexibility index (Phi) is 2.63. The molecule has 1 aromatic carbocycles. The molecule has 2 aromatic rings. The number of halogens is 1. The molecule has 1 aliphatic heterocycles. The molecule has 0 amide bonds. The second-order valence-electron chi connectivity index (χ2n) is 3.89. The van der Waals surface area contributed by atoms with E-state index in [9.17, 15) is 4.39 Å². The molecule has 1 N–H and O–H groups in total. The van der Waals surface area contributed by atoms with Crippen LogP contribution in [-0.4, -0.2) is 19.8 Å². The van der Waals surface area contributed by atoms with Gasteiger partial charge in [-0.3, -0.25) is 0 Å². The number of ether oxygens (including phenoxy) is 1. The minimum atomic E-state index is -0.134. The van der Waals surface area contributed by atoms with E-state index >= 15 is 0 Å². The van der Waals surface area contributed by atoms with Crippen LogP contribution >= 0.6 is 11.3 Å². The highest BCUT2D eigenvalue weighted by Crippen LogP contribution is 2.32. The molecule has 1 saturated heterocycles. The van der Waals surface area contributed by atoms with Crippen molar-refractivity contribution >= 4 is 21.4 Å². The first-order valence-corrected chi connectivity index (χ1v) is 6.15. The lowest BCUT2D eigenvalue weighted by Gasteiger charge is -2.22. The van der Waals surface area contributed by atoms with Crippen molar-refractivity contribution in [1.82, 2.24) is 5.32 Å². The number of nitrogens with one attached hydrogen (secondary N) is 1. The highest BCUT2D eigenvalue weighted by atomic mass is 32.1. The van der Waals surface area contributed by atoms with E-state index in [0.717, 1.165) is 28.1 Å². The second-order valence-corrected chi connectivity index (χ2v) is 4.97. The molecular weight excluding hydrogens is 225 g/mol. The monoisotopic (exact) mass is 237 g/mol. The Hall–Kier alpha value is -0.970. The van der Waals surface area contributed by atoms with E-state index in [2.05, 4.69) is 11.4 Å². The number of fused-ring (bicyclic) bond motifs is 1. The van der Waals surface area contributed by atoms with Crippen molar-refractivity contribution in [1.29, 1.82) is 0 Å². The predicted octanol–water partition coefficient (Wildman–Crippen LogP) is 2.70. The summed E-state index contributed by atoms with van der Waals surface area (Å²) in [5, 5.41) is 4.36. The van der Waals surface area contributed by atoms with Gasteiger partial charge < -0.3 is 10.1 Å². The summed E-state index contributed by atoms with van der Waals surface area (Å²) in [7, 11) is 0. The summed E-state index contributed by atoms with van der Waals surface area (Å²) in [5.74, 6) is -0.134. The van der Waals surface area contributed by atoms with E-state index in [4.69, 9.17) is 4.74 Å². The molecule has 2 heterocycles. The lowest BCUT2D eigenvalue weighted by atomic mass is 10.2. The number of thiophene rings is 1. The fraction of sp³-hybridized carbons (Fsp3) is 0.333. The molecule has 4 heteroatoms. The standard InChI is InChI=1S/C12H12FNOS/c13-9-3-1-2-8-6-11(16-12(8)9)10-7-15-5-4-14-10/h1-3,6,10,14H,4-5,7H2. The first-order chi connectivity index (χ1) is 7.84. The molecule has 16 heavy (non-hydrogen) atoms. The van der Waals surface area contributed by atoms with Crippen LogP contribution in [0.2, 0.25) is 0 Å². The Bertz CT molecular complexity index is 505. The molecule has 0 spiro atoms. The normalized spacial score (nSPS) is 21.4. The second kappa shape index (κ2) is 4.13. The first kappa shape index (κ1) is 10.2. The summed E-state index contributed by atoms with van der Waals surface area (Å²) in [6, 6.07) is 7.47. The number of morpholine rings is 1. The summed E-state index contributed by atoms with van der Waals surface area (Å²) >= 11 is 1.51. The van der Waals surface area contributed by atoms with Gasteiger partial charge >= 0.3 is 0 Å². The van der Waals surface area contributed by atoms with Crippen LogP contribution in [0, 0.1) is 5.82 Å². The van der Waals surface area contributed by atoms with Crippen molar-refractivity contribution < 1.29 is 9.13 Å². The topological polar surface area (TPSA) is 21.3 Å². The van der Waals surface area contributed by atoms with E-state index in [0.29, 0.717) is 6.61 Å². The van der Waals surface area contributed by atoms with Crippen molar-refractivity contribution in [2.45, 2.75) is 6.04 Å². The number of benzene rings is 1. The van der Waals surface area contributed by atoms with Gasteiger partial charge in [-0.25, -0.2) is 4.39 Å². The minimum Gasteiger partial charge on any atom is -0.378 e. The molecule has 84 valence electrons. The average Bonchev–Trinajstić information content (AvgIpc) is 2.76. The zero-order valence-corrected chi connectivity index (χ0v) is 9.52. The highest BCUT2D eigenvalue weighted by Gasteiger charge is 2.18. The molecule has 0 aliphatic carbocycles. The number of rotatable bonds is 1. The van der Waals surface area contributed by atoms with Crippen LogP contribution in [0.3, 0.4) is 0 Å². The molecule has 0 saturated carbocycles. The fourth-order valence-electron chi connectivity index (χ4n) is 1.97. The fourth-order valence-corrected chi connectivity index (χ4v) is 3.09. The van der Waals surface area contributed by atoms with Gasteiger partial charge in [0, 0.05) is 11.4 Å². The molecule has 2 nitrogen and oxygen atoms in total. The largest absolute Gasteiger partial charge is 0.378 e. The van der Waals surface area contributed by atoms with E-state index in [1.807, 2.05) is 6.07 Å². The maximum atomic E-state index is 13.5. The Morgan fingerprint density at radius 1 is 1.44 bits per heavy atom. The number of hydrogen-bond acceptors (Lipinski definition) is 3. The molecule has 3 rings (SSSR count). The van der Waals surface area contributed by atoms with Crippen LogP contribution in [0.5, 0.6) is 0 Å². The Morgan fingerprint density at radius 3 is 3.12 bits per heavy atom. The maximum absolute atomic E-state index is 13.5. The maximum Gasteiger partial charge on any atom is 0.140 e. The third kappa shape index (κ3) is 1.73. The van der Waals surface area contributed by atoms with Crippen LogP contribution in [0.1, 0.15) is 10.9 Å². The van der Waals surface area contributed by atoms with Gasteiger partial charge in [0.2, 0.25) is 0 Å². The zero-order chi connectivity index (χ0) is 11.0. The average molecular weight is 237 g/mol.